The standard InChI is InChI=1S/C46H84NO10P/c1-3-5-7-9-11-13-15-17-19-20-21-22-24-25-27-29-31-33-35-37-44(48)54-39-42(40-55-58(52,53)56-41-43(47)46(50)51)57-45(49)38-36-34-32-30-28-26-23-18-16-14-12-10-8-6-4-2/h11,13,17,19,28,30,42-43H,3-10,12,14-16,18,20-27,29,31-41,47H2,1-2H3,(H,50,51)(H,52,53)/b13-11+,19-17+,30-28+/t42-,43+/m1/s1. The van der Waals surface area contributed by atoms with E-state index in [1.807, 2.05) is 0 Å². The van der Waals surface area contributed by atoms with Crippen LogP contribution in [0.2, 0.25) is 0 Å². The molecule has 0 aliphatic rings. The van der Waals surface area contributed by atoms with Gasteiger partial charge in [-0.15, -0.1) is 0 Å². The average Bonchev–Trinajstić information content (AvgIpc) is 3.20. The van der Waals surface area contributed by atoms with Gasteiger partial charge in [0.2, 0.25) is 0 Å². The van der Waals surface area contributed by atoms with E-state index < -0.39 is 51.1 Å². The highest BCUT2D eigenvalue weighted by atomic mass is 31.2. The monoisotopic (exact) mass is 842 g/mol. The zero-order valence-electron chi connectivity index (χ0n) is 36.6. The first-order chi connectivity index (χ1) is 28.1. The zero-order chi connectivity index (χ0) is 42.8. The van der Waals surface area contributed by atoms with Crippen molar-refractivity contribution in [2.24, 2.45) is 5.73 Å². The van der Waals surface area contributed by atoms with Crippen molar-refractivity contribution in [3.8, 4) is 0 Å². The van der Waals surface area contributed by atoms with Gasteiger partial charge in [0, 0.05) is 12.8 Å². The number of carbonyl (C=O) groups is 3. The molecule has 1 unspecified atom stereocenters. The third-order valence-electron chi connectivity index (χ3n) is 9.86. The molecule has 0 heterocycles. The molecule has 0 radical (unpaired) electrons. The summed E-state index contributed by atoms with van der Waals surface area (Å²) >= 11 is 0. The number of rotatable bonds is 43. The number of nitrogens with two attached hydrogens (primary N) is 1. The smallest absolute Gasteiger partial charge is 0.472 e. The predicted octanol–water partition coefficient (Wildman–Crippen LogP) is 12.4. The third kappa shape index (κ3) is 40.5. The Kier molecular flexibility index (Phi) is 39.8. The topological polar surface area (TPSA) is 172 Å². The van der Waals surface area contributed by atoms with Gasteiger partial charge in [-0.2, -0.15) is 0 Å². The van der Waals surface area contributed by atoms with Crippen LogP contribution in [0.4, 0.5) is 0 Å². The molecule has 0 saturated heterocycles. The number of carboxylic acids is 1. The fraction of sp³-hybridized carbons (Fsp3) is 0.804. The van der Waals surface area contributed by atoms with E-state index in [2.05, 4.69) is 54.8 Å². The van der Waals surface area contributed by atoms with Crippen LogP contribution in [0.5, 0.6) is 0 Å². The van der Waals surface area contributed by atoms with Gasteiger partial charge < -0.3 is 25.2 Å². The van der Waals surface area contributed by atoms with Crippen LogP contribution in [0.15, 0.2) is 36.5 Å². The van der Waals surface area contributed by atoms with Crippen molar-refractivity contribution in [3.63, 3.8) is 0 Å². The highest BCUT2D eigenvalue weighted by molar-refractivity contribution is 7.47. The van der Waals surface area contributed by atoms with Gasteiger partial charge in [0.05, 0.1) is 13.2 Å². The number of phosphoric acid groups is 1. The van der Waals surface area contributed by atoms with E-state index in [1.54, 1.807) is 0 Å². The first-order valence-electron chi connectivity index (χ1n) is 23.0. The molecule has 0 spiro atoms. The van der Waals surface area contributed by atoms with E-state index in [9.17, 15) is 23.8 Å². The number of carbonyl (C=O) groups excluding carboxylic acids is 2. The minimum Gasteiger partial charge on any atom is -0.480 e. The minimum absolute atomic E-state index is 0.131. The van der Waals surface area contributed by atoms with Crippen molar-refractivity contribution >= 4 is 25.7 Å². The highest BCUT2D eigenvalue weighted by Crippen LogP contribution is 2.43. The molecule has 0 rings (SSSR count). The number of ether oxygens (including phenoxy) is 2. The summed E-state index contributed by atoms with van der Waals surface area (Å²) in [6.07, 6.45) is 44.9. The van der Waals surface area contributed by atoms with Crippen LogP contribution in [0.1, 0.15) is 206 Å². The molecule has 12 heteroatoms. The Balaban J connectivity index is 4.33. The van der Waals surface area contributed by atoms with Gasteiger partial charge >= 0.3 is 25.7 Å². The predicted molar refractivity (Wildman–Crippen MR) is 235 cm³/mol. The molecule has 0 saturated carbocycles. The summed E-state index contributed by atoms with van der Waals surface area (Å²) in [7, 11) is -4.72. The Morgan fingerprint density at radius 1 is 0.534 bits per heavy atom. The van der Waals surface area contributed by atoms with Crippen molar-refractivity contribution in [1.82, 2.24) is 0 Å². The van der Waals surface area contributed by atoms with Gasteiger partial charge in [0.1, 0.15) is 12.6 Å². The summed E-state index contributed by atoms with van der Waals surface area (Å²) in [5.74, 6) is -2.41. The molecule has 3 atom stereocenters. The Hall–Kier alpha value is -2.30. The van der Waals surface area contributed by atoms with Crippen LogP contribution >= 0.6 is 7.82 Å². The summed E-state index contributed by atoms with van der Waals surface area (Å²) in [5, 5.41) is 8.89. The second-order valence-corrected chi connectivity index (χ2v) is 17.0. The van der Waals surface area contributed by atoms with Crippen LogP contribution in [0.25, 0.3) is 0 Å². The first kappa shape index (κ1) is 55.7. The fourth-order valence-electron chi connectivity index (χ4n) is 6.21. The van der Waals surface area contributed by atoms with Crippen LogP contribution in [-0.4, -0.2) is 59.9 Å². The second kappa shape index (κ2) is 41.4. The van der Waals surface area contributed by atoms with E-state index in [4.69, 9.17) is 24.8 Å². The maximum Gasteiger partial charge on any atom is 0.472 e. The molecule has 0 bridgehead atoms. The van der Waals surface area contributed by atoms with Crippen LogP contribution in [0.3, 0.4) is 0 Å². The summed E-state index contributed by atoms with van der Waals surface area (Å²) < 4.78 is 32.7. The van der Waals surface area contributed by atoms with Crippen molar-refractivity contribution in [3.05, 3.63) is 36.5 Å². The lowest BCUT2D eigenvalue weighted by atomic mass is 10.1. The van der Waals surface area contributed by atoms with Gasteiger partial charge in [-0.05, 0) is 70.6 Å². The van der Waals surface area contributed by atoms with Gasteiger partial charge in [-0.1, -0.05) is 159 Å². The fourth-order valence-corrected chi connectivity index (χ4v) is 6.99. The molecule has 0 aromatic rings. The molecule has 0 amide bonds. The molecule has 58 heavy (non-hydrogen) atoms. The van der Waals surface area contributed by atoms with Crippen LogP contribution in [-0.2, 0) is 37.5 Å². The lowest BCUT2D eigenvalue weighted by molar-refractivity contribution is -0.161. The van der Waals surface area contributed by atoms with Gasteiger partial charge in [0.25, 0.3) is 0 Å². The van der Waals surface area contributed by atoms with E-state index in [0.29, 0.717) is 12.8 Å². The summed E-state index contributed by atoms with van der Waals surface area (Å²) in [5.41, 5.74) is 5.34. The Labute approximate surface area is 353 Å². The van der Waals surface area contributed by atoms with Crippen molar-refractivity contribution < 1.29 is 47.5 Å². The van der Waals surface area contributed by atoms with Crippen LogP contribution in [0, 0.1) is 0 Å². The molecule has 338 valence electrons. The van der Waals surface area contributed by atoms with Gasteiger partial charge in [-0.25, -0.2) is 4.57 Å². The van der Waals surface area contributed by atoms with E-state index in [1.165, 1.54) is 116 Å². The summed E-state index contributed by atoms with van der Waals surface area (Å²) in [4.78, 5) is 46.0. The quantitative estimate of drug-likeness (QED) is 0.0231. The molecular formula is C46H84NO10P. The largest absolute Gasteiger partial charge is 0.480 e. The molecule has 4 N–H and O–H groups in total. The Morgan fingerprint density at radius 3 is 1.43 bits per heavy atom. The van der Waals surface area contributed by atoms with Crippen LogP contribution < -0.4 is 5.73 Å². The Morgan fingerprint density at radius 2 is 0.914 bits per heavy atom. The molecule has 11 nitrogen and oxygen atoms in total. The number of aliphatic carboxylic acids is 1. The number of phosphoric ester groups is 1. The van der Waals surface area contributed by atoms with Crippen molar-refractivity contribution in [2.75, 3.05) is 19.8 Å². The lowest BCUT2D eigenvalue weighted by Gasteiger charge is -2.20. The summed E-state index contributed by atoms with van der Waals surface area (Å²) in [6, 6.07) is -1.52. The first-order valence-corrected chi connectivity index (χ1v) is 24.5. The normalized spacial score (nSPS) is 14.0. The highest BCUT2D eigenvalue weighted by Gasteiger charge is 2.28. The second-order valence-electron chi connectivity index (χ2n) is 15.5. The maximum atomic E-state index is 12.6. The zero-order valence-corrected chi connectivity index (χ0v) is 37.5. The molecule has 0 aliphatic carbocycles. The maximum absolute atomic E-state index is 12.6. The molecule has 0 aliphatic heterocycles. The Bertz CT molecular complexity index is 1130. The average molecular weight is 842 g/mol. The third-order valence-corrected chi connectivity index (χ3v) is 10.8. The van der Waals surface area contributed by atoms with Gasteiger partial charge in [-0.3, -0.25) is 23.4 Å². The van der Waals surface area contributed by atoms with E-state index >= 15 is 0 Å². The van der Waals surface area contributed by atoms with Gasteiger partial charge in [0.15, 0.2) is 6.10 Å². The molecule has 0 fully saturated rings. The van der Waals surface area contributed by atoms with E-state index in [0.717, 1.165) is 51.4 Å². The summed E-state index contributed by atoms with van der Waals surface area (Å²) in [6.45, 7) is 2.77. The number of esters is 2. The number of hydrogen-bond acceptors (Lipinski definition) is 9. The van der Waals surface area contributed by atoms with Crippen molar-refractivity contribution in [1.29, 1.82) is 0 Å². The number of allylic oxidation sites excluding steroid dienone is 6. The lowest BCUT2D eigenvalue weighted by Crippen LogP contribution is -2.34. The molecule has 0 aromatic heterocycles. The number of hydrogen-bond donors (Lipinski definition) is 3. The minimum atomic E-state index is -4.72. The number of unbranched alkanes of at least 4 members (excludes halogenated alkanes) is 23. The van der Waals surface area contributed by atoms with E-state index in [-0.39, 0.29) is 19.4 Å². The number of carboxylic acid groups (broad SMARTS) is 1. The molecule has 0 aromatic carbocycles. The molecular weight excluding hydrogens is 757 g/mol. The van der Waals surface area contributed by atoms with Crippen molar-refractivity contribution in [2.45, 2.75) is 219 Å². The SMILES string of the molecule is CCCCC/C=C/C/C=C/CCCCCCCCCCCC(=O)OC[C@H](COP(=O)(O)OC[C@H](N)C(=O)O)OC(=O)CCCC/C=C/CCCCCCCCCCC.